The smallest absolute Gasteiger partial charge is 0.223 e. The summed E-state index contributed by atoms with van der Waals surface area (Å²) in [6, 6.07) is 1.85. The van der Waals surface area contributed by atoms with Crippen molar-refractivity contribution in [2.45, 2.75) is 13.5 Å². The van der Waals surface area contributed by atoms with E-state index in [0.717, 1.165) is 11.3 Å². The van der Waals surface area contributed by atoms with Crippen molar-refractivity contribution in [3.8, 4) is 0 Å². The fourth-order valence-electron chi connectivity index (χ4n) is 1.34. The minimum absolute atomic E-state index is 0.573. The average Bonchev–Trinajstić information content (AvgIpc) is 2.57. The third-order valence-corrected chi connectivity index (χ3v) is 2.30. The van der Waals surface area contributed by atoms with Crippen LogP contribution in [0.4, 0.5) is 11.8 Å². The van der Waals surface area contributed by atoms with Crippen LogP contribution < -0.4 is 11.1 Å². The van der Waals surface area contributed by atoms with E-state index >= 15 is 0 Å². The molecule has 0 saturated carbocycles. The first-order valence-corrected chi connectivity index (χ1v) is 4.96. The predicted molar refractivity (Wildman–Crippen MR) is 61.7 cm³/mol. The Morgan fingerprint density at radius 1 is 1.50 bits per heavy atom. The lowest BCUT2D eigenvalue weighted by Crippen LogP contribution is -2.06. The molecule has 2 aromatic rings. The summed E-state index contributed by atoms with van der Waals surface area (Å²) in [6.07, 6.45) is 3.45. The summed E-state index contributed by atoms with van der Waals surface area (Å²) >= 11 is 0. The molecule has 0 aliphatic heterocycles. The molecule has 0 saturated heterocycles. The Balaban J connectivity index is 2.05. The third-order valence-electron chi connectivity index (χ3n) is 2.30. The highest BCUT2D eigenvalue weighted by Gasteiger charge is 2.04. The zero-order valence-electron chi connectivity index (χ0n) is 9.31. The van der Waals surface area contributed by atoms with Gasteiger partial charge >= 0.3 is 0 Å². The molecule has 0 spiro atoms. The van der Waals surface area contributed by atoms with Gasteiger partial charge in [0.2, 0.25) is 5.95 Å². The Labute approximate surface area is 93.5 Å². The monoisotopic (exact) mass is 218 g/mol. The number of rotatable bonds is 3. The molecule has 6 nitrogen and oxygen atoms in total. The number of aryl methyl sites for hydroxylation is 2. The van der Waals surface area contributed by atoms with Gasteiger partial charge in [-0.25, -0.2) is 9.97 Å². The van der Waals surface area contributed by atoms with E-state index in [2.05, 4.69) is 20.4 Å². The molecule has 0 aromatic carbocycles. The zero-order chi connectivity index (χ0) is 11.5. The van der Waals surface area contributed by atoms with Crippen LogP contribution in [0.1, 0.15) is 11.3 Å². The Kier molecular flexibility index (Phi) is 2.72. The lowest BCUT2D eigenvalue weighted by atomic mass is 10.3. The molecule has 2 heterocycles. The van der Waals surface area contributed by atoms with Gasteiger partial charge in [-0.2, -0.15) is 5.10 Å². The van der Waals surface area contributed by atoms with E-state index < -0.39 is 0 Å². The van der Waals surface area contributed by atoms with Gasteiger partial charge in [0.15, 0.2) is 0 Å². The molecule has 2 aromatic heterocycles. The van der Waals surface area contributed by atoms with Crippen LogP contribution in [-0.4, -0.2) is 19.7 Å². The highest BCUT2D eigenvalue weighted by atomic mass is 15.3. The van der Waals surface area contributed by atoms with Crippen molar-refractivity contribution >= 4 is 11.8 Å². The topological polar surface area (TPSA) is 81.7 Å². The maximum Gasteiger partial charge on any atom is 0.223 e. The molecule has 3 N–H and O–H groups in total. The van der Waals surface area contributed by atoms with Gasteiger partial charge in [-0.3, -0.25) is 4.68 Å². The van der Waals surface area contributed by atoms with E-state index in [1.165, 1.54) is 0 Å². The molecular formula is C10H14N6. The van der Waals surface area contributed by atoms with Gasteiger partial charge in [-0.15, -0.1) is 0 Å². The van der Waals surface area contributed by atoms with E-state index in [4.69, 9.17) is 5.73 Å². The van der Waals surface area contributed by atoms with Gasteiger partial charge in [0.25, 0.3) is 0 Å². The molecule has 2 rings (SSSR count). The molecule has 0 aliphatic rings. The third kappa shape index (κ3) is 2.10. The highest BCUT2D eigenvalue weighted by Crippen LogP contribution is 2.10. The summed E-state index contributed by atoms with van der Waals surface area (Å²) in [5.41, 5.74) is 7.68. The Morgan fingerprint density at radius 3 is 2.94 bits per heavy atom. The fraction of sp³-hybridized carbons (Fsp3) is 0.300. The molecule has 0 amide bonds. The van der Waals surface area contributed by atoms with Gasteiger partial charge in [-0.1, -0.05) is 0 Å². The molecule has 0 unspecified atom stereocenters. The maximum absolute atomic E-state index is 5.82. The Morgan fingerprint density at radius 2 is 2.31 bits per heavy atom. The van der Waals surface area contributed by atoms with E-state index in [1.807, 2.05) is 20.0 Å². The lowest BCUT2D eigenvalue weighted by molar-refractivity contribution is 0.778. The van der Waals surface area contributed by atoms with Crippen molar-refractivity contribution in [3.05, 3.63) is 29.7 Å². The van der Waals surface area contributed by atoms with E-state index in [0.29, 0.717) is 18.3 Å². The van der Waals surface area contributed by atoms with Crippen molar-refractivity contribution in [1.82, 2.24) is 19.7 Å². The molecule has 84 valence electrons. The molecule has 0 bridgehead atoms. The Bertz CT molecular complexity index is 490. The molecule has 0 radical (unpaired) electrons. The van der Waals surface area contributed by atoms with Crippen molar-refractivity contribution in [2.24, 2.45) is 7.05 Å². The predicted octanol–water partition coefficient (Wildman–Crippen LogP) is 0.713. The summed E-state index contributed by atoms with van der Waals surface area (Å²) in [4.78, 5) is 8.34. The fourth-order valence-corrected chi connectivity index (χ4v) is 1.34. The number of hydrogen-bond donors (Lipinski definition) is 2. The van der Waals surface area contributed by atoms with Crippen LogP contribution in [0.15, 0.2) is 18.5 Å². The van der Waals surface area contributed by atoms with Gasteiger partial charge in [-0.05, 0) is 13.0 Å². The quantitative estimate of drug-likeness (QED) is 0.793. The molecule has 0 atom stereocenters. The molecule has 6 heteroatoms. The summed E-state index contributed by atoms with van der Waals surface area (Å²) in [5, 5.41) is 7.16. The molecular weight excluding hydrogens is 204 g/mol. The second-order valence-electron chi connectivity index (χ2n) is 3.55. The van der Waals surface area contributed by atoms with Gasteiger partial charge in [0, 0.05) is 31.0 Å². The van der Waals surface area contributed by atoms with Gasteiger partial charge in [0.1, 0.15) is 5.82 Å². The SMILES string of the molecule is Cc1ccnc(NCc2cnn(C)c2N)n1. The van der Waals surface area contributed by atoms with E-state index in [-0.39, 0.29) is 0 Å². The number of nitrogens with one attached hydrogen (secondary N) is 1. The van der Waals surface area contributed by atoms with Gasteiger partial charge < -0.3 is 11.1 Å². The number of hydrogen-bond acceptors (Lipinski definition) is 5. The zero-order valence-corrected chi connectivity index (χ0v) is 9.31. The minimum atomic E-state index is 0.573. The van der Waals surface area contributed by atoms with Crippen molar-refractivity contribution in [2.75, 3.05) is 11.1 Å². The average molecular weight is 218 g/mol. The summed E-state index contributed by atoms with van der Waals surface area (Å²) in [7, 11) is 1.81. The number of nitrogen functional groups attached to an aromatic ring is 1. The molecule has 0 fully saturated rings. The van der Waals surface area contributed by atoms with Crippen LogP contribution in [0.5, 0.6) is 0 Å². The highest BCUT2D eigenvalue weighted by molar-refractivity contribution is 5.40. The van der Waals surface area contributed by atoms with E-state index in [9.17, 15) is 0 Å². The van der Waals surface area contributed by atoms with Gasteiger partial charge in [0.05, 0.1) is 6.20 Å². The number of nitrogens with two attached hydrogens (primary N) is 1. The second-order valence-corrected chi connectivity index (χ2v) is 3.55. The first-order chi connectivity index (χ1) is 7.66. The normalized spacial score (nSPS) is 10.4. The number of nitrogens with zero attached hydrogens (tertiary/aromatic N) is 4. The second kappa shape index (κ2) is 4.18. The molecule has 16 heavy (non-hydrogen) atoms. The van der Waals surface area contributed by atoms with Crippen molar-refractivity contribution < 1.29 is 0 Å². The van der Waals surface area contributed by atoms with Crippen LogP contribution in [0, 0.1) is 6.92 Å². The van der Waals surface area contributed by atoms with Crippen molar-refractivity contribution in [3.63, 3.8) is 0 Å². The number of aromatic nitrogens is 4. The summed E-state index contributed by atoms with van der Waals surface area (Å²) in [6.45, 7) is 2.49. The first kappa shape index (κ1) is 10.4. The van der Waals surface area contributed by atoms with Crippen LogP contribution in [0.3, 0.4) is 0 Å². The lowest BCUT2D eigenvalue weighted by Gasteiger charge is -2.04. The van der Waals surface area contributed by atoms with Crippen LogP contribution >= 0.6 is 0 Å². The number of anilines is 2. The van der Waals surface area contributed by atoms with Crippen molar-refractivity contribution in [1.29, 1.82) is 0 Å². The first-order valence-electron chi connectivity index (χ1n) is 4.96. The summed E-state index contributed by atoms with van der Waals surface area (Å²) in [5.74, 6) is 1.25. The minimum Gasteiger partial charge on any atom is -0.384 e. The van der Waals surface area contributed by atoms with Crippen LogP contribution in [0.2, 0.25) is 0 Å². The Hall–Kier alpha value is -2.11. The standard InChI is InChI=1S/C10H14N6/c1-7-3-4-12-10(15-7)13-5-8-6-14-16(2)9(8)11/h3-4,6H,5,11H2,1-2H3,(H,12,13,15). The maximum atomic E-state index is 5.82. The largest absolute Gasteiger partial charge is 0.384 e. The van der Waals surface area contributed by atoms with Crippen LogP contribution in [0.25, 0.3) is 0 Å². The molecule has 0 aliphatic carbocycles. The van der Waals surface area contributed by atoms with E-state index in [1.54, 1.807) is 17.1 Å². The summed E-state index contributed by atoms with van der Waals surface area (Å²) < 4.78 is 1.63. The van der Waals surface area contributed by atoms with Crippen LogP contribution in [-0.2, 0) is 13.6 Å².